The summed E-state index contributed by atoms with van der Waals surface area (Å²) in [6.07, 6.45) is 0.816. The van der Waals surface area contributed by atoms with E-state index < -0.39 is 5.82 Å². The molecule has 15 heavy (non-hydrogen) atoms. The molecule has 1 aromatic carbocycles. The van der Waals surface area contributed by atoms with Crippen LogP contribution in [0.15, 0.2) is 18.2 Å². The Morgan fingerprint density at radius 2 is 2.13 bits per heavy atom. The lowest BCUT2D eigenvalue weighted by atomic mass is 10.0. The second kappa shape index (κ2) is 3.31. The molecule has 0 bridgehead atoms. The van der Waals surface area contributed by atoms with Gasteiger partial charge in [-0.15, -0.1) is 0 Å². The molecule has 0 aliphatic heterocycles. The van der Waals surface area contributed by atoms with Gasteiger partial charge in [-0.1, -0.05) is 31.5 Å². The third-order valence-corrected chi connectivity index (χ3v) is 3.35. The van der Waals surface area contributed by atoms with Crippen LogP contribution in [0.4, 0.5) is 4.39 Å². The first kappa shape index (κ1) is 10.6. The zero-order valence-electron chi connectivity index (χ0n) is 8.68. The van der Waals surface area contributed by atoms with Gasteiger partial charge in [0.15, 0.2) is 5.78 Å². The molecule has 1 aliphatic carbocycles. The molecule has 1 aliphatic rings. The van der Waals surface area contributed by atoms with Crippen LogP contribution >= 0.6 is 11.6 Å². The topological polar surface area (TPSA) is 17.1 Å². The lowest BCUT2D eigenvalue weighted by molar-refractivity contribution is 0.0949. The third kappa shape index (κ3) is 1.78. The molecule has 2 rings (SSSR count). The number of hydrogen-bond acceptors (Lipinski definition) is 1. The number of rotatable bonds is 2. The molecule has 1 unspecified atom stereocenters. The van der Waals surface area contributed by atoms with Crippen LogP contribution in [0.2, 0.25) is 5.02 Å². The minimum absolute atomic E-state index is 0.00267. The Balaban J connectivity index is 2.35. The fourth-order valence-electron chi connectivity index (χ4n) is 1.82. The van der Waals surface area contributed by atoms with Gasteiger partial charge < -0.3 is 0 Å². The number of benzene rings is 1. The maximum Gasteiger partial charge on any atom is 0.170 e. The molecule has 0 amide bonds. The summed E-state index contributed by atoms with van der Waals surface area (Å²) in [6, 6.07) is 4.33. The van der Waals surface area contributed by atoms with Crippen molar-refractivity contribution in [2.75, 3.05) is 0 Å². The Morgan fingerprint density at radius 1 is 1.53 bits per heavy atom. The van der Waals surface area contributed by atoms with Gasteiger partial charge in [-0.3, -0.25) is 4.79 Å². The van der Waals surface area contributed by atoms with E-state index >= 15 is 0 Å². The molecule has 1 saturated carbocycles. The van der Waals surface area contributed by atoms with Crippen molar-refractivity contribution in [3.05, 3.63) is 34.6 Å². The summed E-state index contributed by atoms with van der Waals surface area (Å²) in [7, 11) is 0. The zero-order valence-corrected chi connectivity index (χ0v) is 9.44. The summed E-state index contributed by atoms with van der Waals surface area (Å²) in [4.78, 5) is 11.9. The van der Waals surface area contributed by atoms with Crippen LogP contribution in [0.5, 0.6) is 0 Å². The second-order valence-corrected chi connectivity index (χ2v) is 5.11. The lowest BCUT2D eigenvalue weighted by Gasteiger charge is -2.06. The molecule has 0 heterocycles. The fourth-order valence-corrected chi connectivity index (χ4v) is 2.08. The molecule has 1 fully saturated rings. The summed E-state index contributed by atoms with van der Waals surface area (Å²) in [5.41, 5.74) is 0.0534. The Bertz CT molecular complexity index is 405. The number of halogens is 2. The SMILES string of the molecule is CC1(C)CC1C(=O)c1c(F)cccc1Cl. The zero-order chi connectivity index (χ0) is 11.2. The van der Waals surface area contributed by atoms with E-state index in [0.717, 1.165) is 6.42 Å². The first-order valence-corrected chi connectivity index (χ1v) is 5.29. The van der Waals surface area contributed by atoms with Crippen molar-refractivity contribution in [1.29, 1.82) is 0 Å². The Labute approximate surface area is 93.2 Å². The Kier molecular flexibility index (Phi) is 2.34. The van der Waals surface area contributed by atoms with Crippen molar-refractivity contribution in [2.24, 2.45) is 11.3 Å². The van der Waals surface area contributed by atoms with Gasteiger partial charge in [0.1, 0.15) is 5.82 Å². The molecule has 3 heteroatoms. The molecule has 0 radical (unpaired) electrons. The van der Waals surface area contributed by atoms with Crippen LogP contribution in [-0.2, 0) is 0 Å². The molecule has 0 N–H and O–H groups in total. The van der Waals surface area contributed by atoms with Crippen LogP contribution in [0.25, 0.3) is 0 Å². The van der Waals surface area contributed by atoms with E-state index in [1.165, 1.54) is 12.1 Å². The van der Waals surface area contributed by atoms with E-state index in [1.807, 2.05) is 13.8 Å². The van der Waals surface area contributed by atoms with Crippen molar-refractivity contribution >= 4 is 17.4 Å². The van der Waals surface area contributed by atoms with Gasteiger partial charge >= 0.3 is 0 Å². The van der Waals surface area contributed by atoms with Gasteiger partial charge in [0.2, 0.25) is 0 Å². The normalized spacial score (nSPS) is 22.5. The number of carbonyl (C=O) groups is 1. The smallest absolute Gasteiger partial charge is 0.170 e. The molecule has 0 saturated heterocycles. The van der Waals surface area contributed by atoms with E-state index in [0.29, 0.717) is 0 Å². The van der Waals surface area contributed by atoms with Gasteiger partial charge in [-0.25, -0.2) is 4.39 Å². The van der Waals surface area contributed by atoms with E-state index in [1.54, 1.807) is 6.07 Å². The molecule has 1 nitrogen and oxygen atoms in total. The molecule has 0 aromatic heterocycles. The monoisotopic (exact) mass is 226 g/mol. The highest BCUT2D eigenvalue weighted by atomic mass is 35.5. The second-order valence-electron chi connectivity index (χ2n) is 4.71. The molecule has 80 valence electrons. The van der Waals surface area contributed by atoms with Gasteiger partial charge in [0.05, 0.1) is 10.6 Å². The highest BCUT2D eigenvalue weighted by Crippen LogP contribution is 2.53. The highest BCUT2D eigenvalue weighted by molar-refractivity contribution is 6.34. The van der Waals surface area contributed by atoms with Crippen molar-refractivity contribution in [1.82, 2.24) is 0 Å². The van der Waals surface area contributed by atoms with Crippen molar-refractivity contribution < 1.29 is 9.18 Å². The first-order chi connectivity index (χ1) is 6.93. The number of carbonyl (C=O) groups excluding carboxylic acids is 1. The number of ketones is 1. The summed E-state index contributed by atoms with van der Waals surface area (Å²) in [5.74, 6) is -0.759. The predicted molar refractivity (Wildman–Crippen MR) is 57.6 cm³/mol. The molecular formula is C12H12ClFO. The largest absolute Gasteiger partial charge is 0.294 e. The van der Waals surface area contributed by atoms with Crippen LogP contribution in [0.3, 0.4) is 0 Å². The third-order valence-electron chi connectivity index (χ3n) is 3.04. The average molecular weight is 227 g/mol. The summed E-state index contributed by atoms with van der Waals surface area (Å²) >= 11 is 5.83. The van der Waals surface area contributed by atoms with Gasteiger partial charge in [0, 0.05) is 5.92 Å². The molecule has 1 aromatic rings. The maximum atomic E-state index is 13.4. The summed E-state index contributed by atoms with van der Waals surface area (Å²) in [5, 5.41) is 0.211. The standard InChI is InChI=1S/C12H12ClFO/c1-12(2)6-7(12)11(15)10-8(13)4-3-5-9(10)14/h3-5,7H,6H2,1-2H3. The quantitative estimate of drug-likeness (QED) is 0.703. The van der Waals surface area contributed by atoms with Gasteiger partial charge in [-0.2, -0.15) is 0 Å². The maximum absolute atomic E-state index is 13.4. The molecular weight excluding hydrogens is 215 g/mol. The van der Waals surface area contributed by atoms with E-state index in [2.05, 4.69) is 0 Å². The number of Topliss-reactive ketones (excluding diaryl/α,β-unsaturated/α-hetero) is 1. The lowest BCUT2D eigenvalue weighted by Crippen LogP contribution is -2.09. The average Bonchev–Trinajstić information content (AvgIpc) is 2.74. The van der Waals surface area contributed by atoms with Crippen LogP contribution in [0, 0.1) is 17.2 Å². The first-order valence-electron chi connectivity index (χ1n) is 4.92. The van der Waals surface area contributed by atoms with Crippen LogP contribution in [-0.4, -0.2) is 5.78 Å². The highest BCUT2D eigenvalue weighted by Gasteiger charge is 2.51. The molecule has 0 spiro atoms. The van der Waals surface area contributed by atoms with Crippen molar-refractivity contribution in [3.8, 4) is 0 Å². The fraction of sp³-hybridized carbons (Fsp3) is 0.417. The van der Waals surface area contributed by atoms with E-state index in [-0.39, 0.29) is 27.7 Å². The molecule has 1 atom stereocenters. The minimum Gasteiger partial charge on any atom is -0.294 e. The summed E-state index contributed by atoms with van der Waals surface area (Å²) < 4.78 is 13.4. The predicted octanol–water partition coefficient (Wildman–Crippen LogP) is 3.71. The van der Waals surface area contributed by atoms with Gasteiger partial charge in [0.25, 0.3) is 0 Å². The Hall–Kier alpha value is -0.890. The number of hydrogen-bond donors (Lipinski definition) is 0. The van der Waals surface area contributed by atoms with Crippen molar-refractivity contribution in [3.63, 3.8) is 0 Å². The van der Waals surface area contributed by atoms with Gasteiger partial charge in [-0.05, 0) is 24.0 Å². The van der Waals surface area contributed by atoms with Crippen LogP contribution < -0.4 is 0 Å². The van der Waals surface area contributed by atoms with Crippen molar-refractivity contribution in [2.45, 2.75) is 20.3 Å². The minimum atomic E-state index is -0.518. The van der Waals surface area contributed by atoms with E-state index in [4.69, 9.17) is 11.6 Å². The van der Waals surface area contributed by atoms with Crippen LogP contribution in [0.1, 0.15) is 30.6 Å². The Morgan fingerprint density at radius 3 is 2.60 bits per heavy atom. The summed E-state index contributed by atoms with van der Waals surface area (Å²) in [6.45, 7) is 4.01. The van der Waals surface area contributed by atoms with E-state index in [9.17, 15) is 9.18 Å².